The van der Waals surface area contributed by atoms with Gasteiger partial charge in [0.1, 0.15) is 11.5 Å². The summed E-state index contributed by atoms with van der Waals surface area (Å²) in [5, 5.41) is 2.15. The minimum absolute atomic E-state index is 0.340. The standard InChI is InChI=1S/C17H17BrCl2O/c1-10(2)13-8-17(11(3)6-14(13)19)21-16-5-4-12(9-18)7-15(16)20/h4-8,10H,9H2,1-3H3. The lowest BCUT2D eigenvalue weighted by atomic mass is 10.0. The van der Waals surface area contributed by atoms with E-state index in [1.165, 1.54) is 0 Å². The number of aryl methyl sites for hydroxylation is 1. The van der Waals surface area contributed by atoms with E-state index in [-0.39, 0.29) is 0 Å². The van der Waals surface area contributed by atoms with Gasteiger partial charge in [-0.2, -0.15) is 0 Å². The molecule has 0 heterocycles. The van der Waals surface area contributed by atoms with E-state index in [4.69, 9.17) is 27.9 Å². The molecule has 0 atom stereocenters. The molecule has 21 heavy (non-hydrogen) atoms. The van der Waals surface area contributed by atoms with Crippen molar-refractivity contribution in [1.82, 2.24) is 0 Å². The molecule has 0 saturated carbocycles. The Morgan fingerprint density at radius 3 is 2.33 bits per heavy atom. The molecule has 0 bridgehead atoms. The highest BCUT2D eigenvalue weighted by atomic mass is 79.9. The molecule has 2 aromatic rings. The fraction of sp³-hybridized carbons (Fsp3) is 0.294. The zero-order chi connectivity index (χ0) is 15.6. The van der Waals surface area contributed by atoms with Crippen LogP contribution in [0.3, 0.4) is 0 Å². The van der Waals surface area contributed by atoms with Gasteiger partial charge in [0.25, 0.3) is 0 Å². The molecule has 0 radical (unpaired) electrons. The van der Waals surface area contributed by atoms with Crippen LogP contribution in [0.5, 0.6) is 11.5 Å². The Balaban J connectivity index is 2.37. The highest BCUT2D eigenvalue weighted by molar-refractivity contribution is 9.08. The maximum absolute atomic E-state index is 6.28. The molecule has 0 aromatic heterocycles. The van der Waals surface area contributed by atoms with Gasteiger partial charge >= 0.3 is 0 Å². The normalized spacial score (nSPS) is 11.0. The lowest BCUT2D eigenvalue weighted by molar-refractivity contribution is 0.478. The summed E-state index contributed by atoms with van der Waals surface area (Å²) in [7, 11) is 0. The van der Waals surface area contributed by atoms with Crippen LogP contribution in [-0.4, -0.2) is 0 Å². The molecule has 2 rings (SSSR count). The van der Waals surface area contributed by atoms with Crippen LogP contribution in [-0.2, 0) is 5.33 Å². The number of alkyl halides is 1. The van der Waals surface area contributed by atoms with Crippen LogP contribution in [0.15, 0.2) is 30.3 Å². The van der Waals surface area contributed by atoms with E-state index < -0.39 is 0 Å². The van der Waals surface area contributed by atoms with Gasteiger partial charge in [0.05, 0.1) is 5.02 Å². The molecule has 0 fully saturated rings. The van der Waals surface area contributed by atoms with Crippen molar-refractivity contribution in [2.45, 2.75) is 32.0 Å². The topological polar surface area (TPSA) is 9.23 Å². The molecule has 0 unspecified atom stereocenters. The highest BCUT2D eigenvalue weighted by Gasteiger charge is 2.12. The van der Waals surface area contributed by atoms with Crippen molar-refractivity contribution >= 4 is 39.1 Å². The Morgan fingerprint density at radius 1 is 1.05 bits per heavy atom. The molecular weight excluding hydrogens is 371 g/mol. The summed E-state index contributed by atoms with van der Waals surface area (Å²) in [4.78, 5) is 0. The van der Waals surface area contributed by atoms with Gasteiger partial charge in [-0.1, -0.05) is 59.0 Å². The molecule has 0 saturated heterocycles. The lowest BCUT2D eigenvalue weighted by Crippen LogP contribution is -1.95. The fourth-order valence-corrected chi connectivity index (χ4v) is 3.08. The van der Waals surface area contributed by atoms with Gasteiger partial charge in [-0.05, 0) is 53.8 Å². The maximum atomic E-state index is 6.28. The third-order valence-electron chi connectivity index (χ3n) is 3.29. The number of hydrogen-bond donors (Lipinski definition) is 0. The van der Waals surface area contributed by atoms with Crippen molar-refractivity contribution in [3.63, 3.8) is 0 Å². The van der Waals surface area contributed by atoms with Gasteiger partial charge in [-0.25, -0.2) is 0 Å². The average molecular weight is 388 g/mol. The summed E-state index contributed by atoms with van der Waals surface area (Å²) < 4.78 is 5.98. The second kappa shape index (κ2) is 7.04. The number of halogens is 3. The first-order chi connectivity index (χ1) is 9.92. The van der Waals surface area contributed by atoms with Gasteiger partial charge in [0.15, 0.2) is 0 Å². The number of benzene rings is 2. The van der Waals surface area contributed by atoms with Crippen LogP contribution in [0.4, 0.5) is 0 Å². The third kappa shape index (κ3) is 3.94. The van der Waals surface area contributed by atoms with Gasteiger partial charge in [-0.3, -0.25) is 0 Å². The van der Waals surface area contributed by atoms with Crippen molar-refractivity contribution in [2.75, 3.05) is 0 Å². The van der Waals surface area contributed by atoms with Crippen LogP contribution in [0, 0.1) is 6.92 Å². The van der Waals surface area contributed by atoms with Crippen LogP contribution in [0.2, 0.25) is 10.0 Å². The van der Waals surface area contributed by atoms with E-state index in [2.05, 4.69) is 29.8 Å². The van der Waals surface area contributed by atoms with Crippen molar-refractivity contribution in [2.24, 2.45) is 0 Å². The van der Waals surface area contributed by atoms with Gasteiger partial charge in [-0.15, -0.1) is 0 Å². The summed E-state index contributed by atoms with van der Waals surface area (Å²) in [5.74, 6) is 1.78. The Bertz CT molecular complexity index is 653. The molecule has 0 N–H and O–H groups in total. The molecule has 4 heteroatoms. The molecular formula is C17H17BrCl2O. The first-order valence-electron chi connectivity index (χ1n) is 6.74. The molecule has 0 aliphatic carbocycles. The van der Waals surface area contributed by atoms with Crippen LogP contribution in [0.1, 0.15) is 36.5 Å². The van der Waals surface area contributed by atoms with Crippen LogP contribution >= 0.6 is 39.1 Å². The quantitative estimate of drug-likeness (QED) is 0.507. The molecule has 0 spiro atoms. The molecule has 112 valence electrons. The predicted molar refractivity (Wildman–Crippen MR) is 94.4 cm³/mol. The SMILES string of the molecule is Cc1cc(Cl)c(C(C)C)cc1Oc1ccc(CBr)cc1Cl. The Morgan fingerprint density at radius 2 is 1.76 bits per heavy atom. The summed E-state index contributed by atoms with van der Waals surface area (Å²) in [6.07, 6.45) is 0. The summed E-state index contributed by atoms with van der Waals surface area (Å²) >= 11 is 16.0. The van der Waals surface area contributed by atoms with E-state index in [0.717, 1.165) is 32.8 Å². The van der Waals surface area contributed by atoms with Gasteiger partial charge in [0, 0.05) is 10.4 Å². The predicted octanol–water partition coefficient (Wildman–Crippen LogP) is 7.11. The fourth-order valence-electron chi connectivity index (χ4n) is 2.05. The summed E-state index contributed by atoms with van der Waals surface area (Å²) in [5.41, 5.74) is 3.18. The minimum atomic E-state index is 0.340. The van der Waals surface area contributed by atoms with E-state index in [1.54, 1.807) is 0 Å². The molecule has 0 aliphatic rings. The zero-order valence-electron chi connectivity index (χ0n) is 12.2. The van der Waals surface area contributed by atoms with E-state index in [0.29, 0.717) is 16.7 Å². The average Bonchev–Trinajstić information content (AvgIpc) is 2.43. The smallest absolute Gasteiger partial charge is 0.146 e. The lowest BCUT2D eigenvalue weighted by Gasteiger charge is -2.15. The van der Waals surface area contributed by atoms with Crippen LogP contribution in [0.25, 0.3) is 0 Å². The molecule has 1 nitrogen and oxygen atoms in total. The second-order valence-electron chi connectivity index (χ2n) is 5.29. The Kier molecular flexibility index (Phi) is 5.59. The Labute approximate surface area is 144 Å². The van der Waals surface area contributed by atoms with E-state index in [1.807, 2.05) is 37.3 Å². The zero-order valence-corrected chi connectivity index (χ0v) is 15.3. The van der Waals surface area contributed by atoms with E-state index in [9.17, 15) is 0 Å². The van der Waals surface area contributed by atoms with Crippen molar-refractivity contribution < 1.29 is 4.74 Å². The molecule has 0 amide bonds. The first-order valence-corrected chi connectivity index (χ1v) is 8.62. The second-order valence-corrected chi connectivity index (χ2v) is 6.67. The van der Waals surface area contributed by atoms with Gasteiger partial charge in [0.2, 0.25) is 0 Å². The summed E-state index contributed by atoms with van der Waals surface area (Å²) in [6.45, 7) is 6.20. The summed E-state index contributed by atoms with van der Waals surface area (Å²) in [6, 6.07) is 9.72. The Hall–Kier alpha value is -0.700. The van der Waals surface area contributed by atoms with Crippen molar-refractivity contribution in [3.8, 4) is 11.5 Å². The minimum Gasteiger partial charge on any atom is -0.456 e. The molecule has 0 aliphatic heterocycles. The van der Waals surface area contributed by atoms with Crippen molar-refractivity contribution in [1.29, 1.82) is 0 Å². The molecule has 2 aromatic carbocycles. The third-order valence-corrected chi connectivity index (χ3v) is 4.56. The van der Waals surface area contributed by atoms with E-state index >= 15 is 0 Å². The highest BCUT2D eigenvalue weighted by Crippen LogP contribution is 2.36. The van der Waals surface area contributed by atoms with Gasteiger partial charge < -0.3 is 4.74 Å². The largest absolute Gasteiger partial charge is 0.456 e. The number of hydrogen-bond acceptors (Lipinski definition) is 1. The van der Waals surface area contributed by atoms with Crippen LogP contribution < -0.4 is 4.74 Å². The number of rotatable bonds is 4. The maximum Gasteiger partial charge on any atom is 0.146 e. The first kappa shape index (κ1) is 16.7. The van der Waals surface area contributed by atoms with Crippen molar-refractivity contribution in [3.05, 3.63) is 57.1 Å². The monoisotopic (exact) mass is 386 g/mol. The number of ether oxygens (including phenoxy) is 1.